The van der Waals surface area contributed by atoms with Crippen LogP contribution in [0.2, 0.25) is 5.02 Å². The molecule has 0 aliphatic rings. The topological polar surface area (TPSA) is 83.6 Å². The van der Waals surface area contributed by atoms with Crippen molar-refractivity contribution >= 4 is 23.3 Å². The third-order valence-electron chi connectivity index (χ3n) is 1.35. The lowest BCUT2D eigenvalue weighted by molar-refractivity contribution is 0.0697. The number of carboxylic acid groups (broad SMARTS) is 1. The molecule has 5 heteroatoms. The number of phenolic OH excluding ortho intramolecular Hbond substituents is 1. The molecular formula is C7H6ClNO3. The number of nitrogens with two attached hydrogens (primary N) is 1. The van der Waals surface area contributed by atoms with Gasteiger partial charge in [0.05, 0.1) is 16.3 Å². The Morgan fingerprint density at radius 2 is 2.08 bits per heavy atom. The van der Waals surface area contributed by atoms with Gasteiger partial charge in [0.1, 0.15) is 5.75 Å². The molecule has 0 amide bonds. The second-order valence-corrected chi connectivity index (χ2v) is 2.60. The molecule has 4 nitrogen and oxygen atoms in total. The molecule has 4 N–H and O–H groups in total. The lowest BCUT2D eigenvalue weighted by Gasteiger charge is -2.02. The van der Waals surface area contributed by atoms with Crippen molar-refractivity contribution in [3.05, 3.63) is 22.7 Å². The number of aromatic hydroxyl groups is 1. The summed E-state index contributed by atoms with van der Waals surface area (Å²) in [7, 11) is 0. The van der Waals surface area contributed by atoms with Gasteiger partial charge in [0, 0.05) is 6.07 Å². The lowest BCUT2D eigenvalue weighted by atomic mass is 10.2. The van der Waals surface area contributed by atoms with Gasteiger partial charge in [-0.25, -0.2) is 4.79 Å². The van der Waals surface area contributed by atoms with Gasteiger partial charge in [-0.3, -0.25) is 0 Å². The Morgan fingerprint density at radius 1 is 1.50 bits per heavy atom. The number of halogens is 1. The molecule has 0 saturated heterocycles. The number of anilines is 1. The number of benzene rings is 1. The Bertz CT molecular complexity index is 338. The van der Waals surface area contributed by atoms with Crippen LogP contribution in [0.3, 0.4) is 0 Å². The number of hydrogen-bond donors (Lipinski definition) is 3. The first-order valence-electron chi connectivity index (χ1n) is 3.03. The van der Waals surface area contributed by atoms with E-state index in [1.807, 2.05) is 0 Å². The minimum atomic E-state index is -1.17. The Hall–Kier alpha value is -1.42. The lowest BCUT2D eigenvalue weighted by Crippen LogP contribution is -1.99. The van der Waals surface area contributed by atoms with Crippen molar-refractivity contribution in [2.24, 2.45) is 0 Å². The van der Waals surface area contributed by atoms with Crippen molar-refractivity contribution in [3.8, 4) is 5.75 Å². The zero-order valence-corrected chi connectivity index (χ0v) is 6.67. The molecule has 0 atom stereocenters. The van der Waals surface area contributed by atoms with E-state index in [4.69, 9.17) is 27.5 Å². The van der Waals surface area contributed by atoms with Crippen LogP contribution in [-0.2, 0) is 0 Å². The summed E-state index contributed by atoms with van der Waals surface area (Å²) in [4.78, 5) is 10.5. The Labute approximate surface area is 73.2 Å². The van der Waals surface area contributed by atoms with Crippen LogP contribution in [0.4, 0.5) is 5.69 Å². The highest BCUT2D eigenvalue weighted by molar-refractivity contribution is 6.33. The predicted octanol–water partition coefficient (Wildman–Crippen LogP) is 1.33. The summed E-state index contributed by atoms with van der Waals surface area (Å²) in [5, 5.41) is 17.5. The number of carbonyl (C=O) groups is 1. The van der Waals surface area contributed by atoms with Crippen molar-refractivity contribution in [2.45, 2.75) is 0 Å². The van der Waals surface area contributed by atoms with Crippen LogP contribution < -0.4 is 5.73 Å². The zero-order valence-electron chi connectivity index (χ0n) is 5.91. The van der Waals surface area contributed by atoms with Gasteiger partial charge < -0.3 is 15.9 Å². The standard InChI is InChI=1S/C7H6ClNO3/c8-4-2-6(10)5(9)1-3(4)7(11)12/h1-2,10H,9H2,(H,11,12). The van der Waals surface area contributed by atoms with Crippen molar-refractivity contribution in [1.82, 2.24) is 0 Å². The molecule has 64 valence electrons. The fraction of sp³-hybridized carbons (Fsp3) is 0. The molecule has 1 aromatic rings. The number of aromatic carboxylic acids is 1. The highest BCUT2D eigenvalue weighted by atomic mass is 35.5. The van der Waals surface area contributed by atoms with Crippen LogP contribution in [0.5, 0.6) is 5.75 Å². The molecule has 1 aromatic carbocycles. The van der Waals surface area contributed by atoms with Gasteiger partial charge >= 0.3 is 5.97 Å². The summed E-state index contributed by atoms with van der Waals surface area (Å²) in [5.41, 5.74) is 5.13. The third-order valence-corrected chi connectivity index (χ3v) is 1.66. The maximum absolute atomic E-state index is 10.5. The first-order valence-corrected chi connectivity index (χ1v) is 3.41. The zero-order chi connectivity index (χ0) is 9.30. The van der Waals surface area contributed by atoms with E-state index >= 15 is 0 Å². The molecule has 0 spiro atoms. The monoisotopic (exact) mass is 187 g/mol. The molecule has 0 unspecified atom stereocenters. The largest absolute Gasteiger partial charge is 0.506 e. The summed E-state index contributed by atoms with van der Waals surface area (Å²) in [6.07, 6.45) is 0. The fourth-order valence-corrected chi connectivity index (χ4v) is 0.982. The minimum Gasteiger partial charge on any atom is -0.506 e. The van der Waals surface area contributed by atoms with Gasteiger partial charge in [-0.15, -0.1) is 0 Å². The minimum absolute atomic E-state index is 0.00296. The number of hydrogen-bond acceptors (Lipinski definition) is 3. The smallest absolute Gasteiger partial charge is 0.337 e. The average molecular weight is 188 g/mol. The molecule has 0 fully saturated rings. The maximum Gasteiger partial charge on any atom is 0.337 e. The van der Waals surface area contributed by atoms with Crippen molar-refractivity contribution < 1.29 is 15.0 Å². The van der Waals surface area contributed by atoms with E-state index in [-0.39, 0.29) is 22.0 Å². The third kappa shape index (κ3) is 1.43. The quantitative estimate of drug-likeness (QED) is 0.458. The maximum atomic E-state index is 10.5. The normalized spacial score (nSPS) is 9.75. The molecule has 0 saturated carbocycles. The number of phenols is 1. The van der Waals surface area contributed by atoms with Crippen molar-refractivity contribution in [2.75, 3.05) is 5.73 Å². The SMILES string of the molecule is Nc1cc(C(=O)O)c(Cl)cc1O. The number of carboxylic acids is 1. The van der Waals surface area contributed by atoms with E-state index in [0.717, 1.165) is 12.1 Å². The van der Waals surface area contributed by atoms with Crippen LogP contribution in [0.15, 0.2) is 12.1 Å². The average Bonchev–Trinajstić information content (AvgIpc) is 1.96. The van der Waals surface area contributed by atoms with Crippen LogP contribution >= 0.6 is 11.6 Å². The Morgan fingerprint density at radius 3 is 2.58 bits per heavy atom. The van der Waals surface area contributed by atoms with Gasteiger partial charge in [0.2, 0.25) is 0 Å². The van der Waals surface area contributed by atoms with Crippen molar-refractivity contribution in [3.63, 3.8) is 0 Å². The summed E-state index contributed by atoms with van der Waals surface area (Å²) in [6.45, 7) is 0. The van der Waals surface area contributed by atoms with Gasteiger partial charge in [0.25, 0.3) is 0 Å². The van der Waals surface area contributed by atoms with Crippen LogP contribution in [0, 0.1) is 0 Å². The molecule has 0 heterocycles. The van der Waals surface area contributed by atoms with E-state index < -0.39 is 5.97 Å². The van der Waals surface area contributed by atoms with Crippen molar-refractivity contribution in [1.29, 1.82) is 0 Å². The summed E-state index contributed by atoms with van der Waals surface area (Å²) >= 11 is 5.50. The molecule has 12 heavy (non-hydrogen) atoms. The summed E-state index contributed by atoms with van der Waals surface area (Å²) in [6, 6.07) is 2.21. The molecule has 0 radical (unpaired) electrons. The van der Waals surface area contributed by atoms with Crippen LogP contribution in [0.1, 0.15) is 10.4 Å². The molecular weight excluding hydrogens is 182 g/mol. The highest BCUT2D eigenvalue weighted by Gasteiger charge is 2.11. The Kier molecular flexibility index (Phi) is 2.10. The second-order valence-electron chi connectivity index (χ2n) is 2.20. The fourth-order valence-electron chi connectivity index (χ4n) is 0.743. The predicted molar refractivity (Wildman–Crippen MR) is 44.5 cm³/mol. The molecule has 0 aliphatic heterocycles. The molecule has 0 bridgehead atoms. The van der Waals surface area contributed by atoms with Gasteiger partial charge in [-0.2, -0.15) is 0 Å². The van der Waals surface area contributed by atoms with E-state index in [9.17, 15) is 4.79 Å². The van der Waals surface area contributed by atoms with E-state index in [1.165, 1.54) is 0 Å². The second kappa shape index (κ2) is 2.91. The summed E-state index contributed by atoms with van der Waals surface area (Å²) in [5.74, 6) is -1.39. The molecule has 0 aromatic heterocycles. The molecule has 1 rings (SSSR count). The summed E-state index contributed by atoms with van der Waals surface area (Å²) < 4.78 is 0. The van der Waals surface area contributed by atoms with Crippen LogP contribution in [0.25, 0.3) is 0 Å². The van der Waals surface area contributed by atoms with E-state index in [2.05, 4.69) is 0 Å². The highest BCUT2D eigenvalue weighted by Crippen LogP contribution is 2.27. The van der Waals surface area contributed by atoms with Gasteiger partial charge in [-0.1, -0.05) is 11.6 Å². The first-order chi connectivity index (χ1) is 5.52. The van der Waals surface area contributed by atoms with Gasteiger partial charge in [-0.05, 0) is 6.07 Å². The first kappa shape index (κ1) is 8.67. The molecule has 0 aliphatic carbocycles. The van der Waals surface area contributed by atoms with E-state index in [1.54, 1.807) is 0 Å². The number of nitrogen functional groups attached to an aromatic ring is 1. The van der Waals surface area contributed by atoms with E-state index in [0.29, 0.717) is 0 Å². The number of rotatable bonds is 1. The Balaban J connectivity index is 3.33. The van der Waals surface area contributed by atoms with Crippen LogP contribution in [-0.4, -0.2) is 16.2 Å². The van der Waals surface area contributed by atoms with Gasteiger partial charge in [0.15, 0.2) is 0 Å².